The second-order valence-corrected chi connectivity index (χ2v) is 5.14. The molecule has 0 saturated heterocycles. The van der Waals surface area contributed by atoms with Gasteiger partial charge in [0.25, 0.3) is 0 Å². The molecule has 0 nitrogen and oxygen atoms in total. The number of benzene rings is 1. The maximum Gasteiger partial charge on any atom is 0.0807 e. The average molecular weight is 202 g/mol. The fourth-order valence-corrected chi connectivity index (χ4v) is 2.48. The van der Waals surface area contributed by atoms with Crippen LogP contribution in [-0.2, 0) is 0 Å². The van der Waals surface area contributed by atoms with Crippen LogP contribution in [0.3, 0.4) is 0 Å². The van der Waals surface area contributed by atoms with Gasteiger partial charge in [-0.25, -0.2) is 0 Å². The van der Waals surface area contributed by atoms with E-state index in [0.717, 1.165) is 9.52 Å². The van der Waals surface area contributed by atoms with Gasteiger partial charge in [-0.15, -0.1) is 6.58 Å². The highest BCUT2D eigenvalue weighted by Gasteiger charge is 1.94. The van der Waals surface area contributed by atoms with Crippen molar-refractivity contribution < 1.29 is 0 Å². The van der Waals surface area contributed by atoms with Crippen molar-refractivity contribution in [2.75, 3.05) is 0 Å². The summed E-state index contributed by atoms with van der Waals surface area (Å²) in [7, 11) is 0.978. The molecule has 0 heterocycles. The molecule has 1 heteroatoms. The third-order valence-corrected chi connectivity index (χ3v) is 3.48. The Labute approximate surface area is 89.9 Å². The molecule has 0 unspecified atom stereocenters. The van der Waals surface area contributed by atoms with Gasteiger partial charge in [0.2, 0.25) is 0 Å². The van der Waals surface area contributed by atoms with Crippen molar-refractivity contribution in [3.63, 3.8) is 0 Å². The van der Waals surface area contributed by atoms with Crippen LogP contribution in [-0.4, -0.2) is 9.52 Å². The minimum absolute atomic E-state index is 0.978. The van der Waals surface area contributed by atoms with Gasteiger partial charge in [-0.1, -0.05) is 53.6 Å². The topological polar surface area (TPSA) is 0 Å². The van der Waals surface area contributed by atoms with Crippen molar-refractivity contribution >= 4 is 14.7 Å². The Morgan fingerprint density at radius 3 is 2.57 bits per heavy atom. The van der Waals surface area contributed by atoms with Gasteiger partial charge in [0, 0.05) is 0 Å². The maximum atomic E-state index is 3.91. The summed E-state index contributed by atoms with van der Waals surface area (Å²) in [6, 6.07) is 12.1. The van der Waals surface area contributed by atoms with Crippen molar-refractivity contribution in [1.82, 2.24) is 0 Å². The molecule has 0 aliphatic carbocycles. The second kappa shape index (κ2) is 6.60. The number of hydrogen-bond donors (Lipinski definition) is 0. The minimum Gasteiger partial charge on any atom is -0.100 e. The molecule has 0 aliphatic heterocycles. The van der Waals surface area contributed by atoms with E-state index < -0.39 is 0 Å². The Balaban J connectivity index is 2.08. The lowest BCUT2D eigenvalue weighted by Crippen LogP contribution is -2.12. The molecule has 0 bridgehead atoms. The van der Waals surface area contributed by atoms with Gasteiger partial charge in [0.15, 0.2) is 0 Å². The summed E-state index contributed by atoms with van der Waals surface area (Å²) < 4.78 is 0. The zero-order valence-corrected chi connectivity index (χ0v) is 9.92. The van der Waals surface area contributed by atoms with Crippen LogP contribution in [0.15, 0.2) is 42.5 Å². The second-order valence-electron chi connectivity index (χ2n) is 3.71. The van der Waals surface area contributed by atoms with Crippen LogP contribution < -0.4 is 5.19 Å². The quantitative estimate of drug-likeness (QED) is 0.377. The molecule has 0 spiro atoms. The first-order valence-electron chi connectivity index (χ1n) is 5.22. The number of hydrogen-bond acceptors (Lipinski definition) is 0. The van der Waals surface area contributed by atoms with Gasteiger partial charge >= 0.3 is 0 Å². The summed E-state index contributed by atoms with van der Waals surface area (Å²) in [4.78, 5) is 0. The molecule has 0 aliphatic rings. The molecule has 74 valence electrons. The minimum atomic E-state index is 0.978. The third-order valence-electron chi connectivity index (χ3n) is 2.13. The van der Waals surface area contributed by atoms with Crippen LogP contribution in [0.25, 0.3) is 0 Å². The maximum absolute atomic E-state index is 3.91. The molecule has 0 atom stereocenters. The average Bonchev–Trinajstić information content (AvgIpc) is 2.18. The Morgan fingerprint density at radius 1 is 1.21 bits per heavy atom. The molecular weight excluding hydrogens is 184 g/mol. The highest BCUT2D eigenvalue weighted by atomic mass is 28.2. The first-order valence-corrected chi connectivity index (χ1v) is 6.43. The monoisotopic (exact) mass is 202 g/mol. The van der Waals surface area contributed by atoms with E-state index in [1.165, 1.54) is 36.1 Å². The Morgan fingerprint density at radius 2 is 1.93 bits per heavy atom. The van der Waals surface area contributed by atoms with Gasteiger partial charge in [-0.2, -0.15) is 0 Å². The molecule has 0 amide bonds. The lowest BCUT2D eigenvalue weighted by atomic mass is 10.2. The summed E-state index contributed by atoms with van der Waals surface area (Å²) in [5.74, 6) is 0. The first-order chi connectivity index (χ1) is 6.79. The summed E-state index contributed by atoms with van der Waals surface area (Å²) in [6.07, 6.45) is 3.83. The highest BCUT2D eigenvalue weighted by molar-refractivity contribution is 6.53. The van der Waals surface area contributed by atoms with Crippen LogP contribution in [0.5, 0.6) is 0 Å². The third kappa shape index (κ3) is 5.03. The lowest BCUT2D eigenvalue weighted by molar-refractivity contribution is 0.787. The summed E-state index contributed by atoms with van der Waals surface area (Å²) in [6.45, 7) is 6.02. The summed E-state index contributed by atoms with van der Waals surface area (Å²) in [5.41, 5.74) is 1.31. The van der Waals surface area contributed by atoms with E-state index >= 15 is 0 Å². The van der Waals surface area contributed by atoms with Crippen LogP contribution in [0, 0.1) is 0 Å². The van der Waals surface area contributed by atoms with Gasteiger partial charge in [-0.05, 0) is 19.8 Å². The van der Waals surface area contributed by atoms with E-state index in [1.807, 2.05) is 0 Å². The number of allylic oxidation sites excluding steroid dienone is 1. The highest BCUT2D eigenvalue weighted by Crippen LogP contribution is 2.05. The molecule has 0 N–H and O–H groups in total. The molecule has 2 radical (unpaired) electrons. The van der Waals surface area contributed by atoms with Crippen LogP contribution >= 0.6 is 0 Å². The van der Waals surface area contributed by atoms with Crippen LogP contribution in [0.4, 0.5) is 0 Å². The zero-order valence-electron chi connectivity index (χ0n) is 8.92. The molecule has 1 rings (SSSR count). The lowest BCUT2D eigenvalue weighted by Gasteiger charge is -2.00. The fourth-order valence-electron chi connectivity index (χ4n) is 1.34. The van der Waals surface area contributed by atoms with E-state index in [1.54, 1.807) is 0 Å². The Hall–Kier alpha value is -0.823. The van der Waals surface area contributed by atoms with Crippen molar-refractivity contribution in [3.8, 4) is 0 Å². The summed E-state index contributed by atoms with van der Waals surface area (Å²) >= 11 is 0. The van der Waals surface area contributed by atoms with E-state index in [4.69, 9.17) is 0 Å². The van der Waals surface area contributed by atoms with E-state index in [0.29, 0.717) is 0 Å². The van der Waals surface area contributed by atoms with Gasteiger partial charge in [0.1, 0.15) is 0 Å². The van der Waals surface area contributed by atoms with Gasteiger partial charge < -0.3 is 0 Å². The van der Waals surface area contributed by atoms with E-state index in [-0.39, 0.29) is 0 Å². The predicted molar refractivity (Wildman–Crippen MR) is 65.3 cm³/mol. The fraction of sp³-hybridized carbons (Fsp3) is 0.385. The first kappa shape index (κ1) is 11.3. The molecule has 0 aromatic heterocycles. The SMILES string of the molecule is C=C(C)CCCC[Si]c1ccccc1. The summed E-state index contributed by atoms with van der Waals surface area (Å²) in [5, 5.41) is 1.49. The van der Waals surface area contributed by atoms with Crippen LogP contribution in [0.1, 0.15) is 26.2 Å². The van der Waals surface area contributed by atoms with Crippen LogP contribution in [0.2, 0.25) is 6.04 Å². The van der Waals surface area contributed by atoms with Crippen molar-refractivity contribution in [1.29, 1.82) is 0 Å². The molecule has 0 fully saturated rings. The smallest absolute Gasteiger partial charge is 0.0807 e. The van der Waals surface area contributed by atoms with Gasteiger partial charge in [-0.3, -0.25) is 0 Å². The Kier molecular flexibility index (Phi) is 5.31. The Bertz CT molecular complexity index is 264. The van der Waals surface area contributed by atoms with Crippen molar-refractivity contribution in [2.45, 2.75) is 32.2 Å². The molecule has 1 aromatic rings. The van der Waals surface area contributed by atoms with E-state index in [9.17, 15) is 0 Å². The van der Waals surface area contributed by atoms with Gasteiger partial charge in [0.05, 0.1) is 9.52 Å². The molecule has 14 heavy (non-hydrogen) atoms. The van der Waals surface area contributed by atoms with E-state index in [2.05, 4.69) is 43.8 Å². The zero-order chi connectivity index (χ0) is 10.2. The van der Waals surface area contributed by atoms with Crippen molar-refractivity contribution in [3.05, 3.63) is 42.5 Å². The number of rotatable bonds is 6. The molecule has 1 aromatic carbocycles. The van der Waals surface area contributed by atoms with Crippen molar-refractivity contribution in [2.24, 2.45) is 0 Å². The number of unbranched alkanes of at least 4 members (excludes halogenated alkanes) is 1. The standard InChI is InChI=1S/C13H18Si/c1-12(2)8-6-7-11-14-13-9-4-3-5-10-13/h3-5,9-10H,1,6-8,11H2,2H3. The largest absolute Gasteiger partial charge is 0.100 e. The molecular formula is C13H18Si. The predicted octanol–water partition coefficient (Wildman–Crippen LogP) is 3.18. The molecule has 0 saturated carbocycles. The normalized spacial score (nSPS) is 10.1.